The Morgan fingerprint density at radius 1 is 1.40 bits per heavy atom. The van der Waals surface area contributed by atoms with Gasteiger partial charge in [0.2, 0.25) is 0 Å². The largest absolute Gasteiger partial charge is 0.493 e. The molecule has 2 unspecified atom stereocenters. The molecule has 1 saturated heterocycles. The molecule has 0 aromatic heterocycles. The Morgan fingerprint density at radius 2 is 2.33 bits per heavy atom. The number of nitrogens with one attached hydrogen (secondary N) is 1. The Hall–Kier alpha value is -1.02. The van der Waals surface area contributed by atoms with Crippen molar-refractivity contribution in [2.24, 2.45) is 0 Å². The molecule has 2 nitrogen and oxygen atoms in total. The van der Waals surface area contributed by atoms with E-state index in [0.717, 1.165) is 25.3 Å². The van der Waals surface area contributed by atoms with Crippen LogP contribution in [0, 0.1) is 0 Å². The highest BCUT2D eigenvalue weighted by Gasteiger charge is 2.25. The first-order valence-corrected chi connectivity index (χ1v) is 5.83. The molecule has 2 aliphatic rings. The molecule has 0 aliphatic carbocycles. The second kappa shape index (κ2) is 3.53. The average Bonchev–Trinajstić information content (AvgIpc) is 2.84. The fourth-order valence-electron chi connectivity index (χ4n) is 2.75. The Morgan fingerprint density at radius 3 is 3.13 bits per heavy atom. The predicted molar refractivity (Wildman–Crippen MR) is 60.5 cm³/mol. The topological polar surface area (TPSA) is 21.3 Å². The van der Waals surface area contributed by atoms with Crippen molar-refractivity contribution >= 4 is 0 Å². The molecule has 2 heterocycles. The number of hydrogen-bond acceptors (Lipinski definition) is 2. The molecule has 1 aromatic carbocycles. The molecule has 0 spiro atoms. The fraction of sp³-hybridized carbons (Fsp3) is 0.538. The van der Waals surface area contributed by atoms with Crippen LogP contribution in [0.1, 0.15) is 30.4 Å². The minimum Gasteiger partial charge on any atom is -0.493 e. The number of hydrogen-bond donors (Lipinski definition) is 1. The van der Waals surface area contributed by atoms with Crippen molar-refractivity contribution in [1.82, 2.24) is 5.32 Å². The quantitative estimate of drug-likeness (QED) is 0.754. The van der Waals surface area contributed by atoms with E-state index < -0.39 is 0 Å². The number of ether oxygens (including phenoxy) is 1. The molecule has 1 N–H and O–H groups in total. The molecule has 80 valence electrons. The average molecular weight is 203 g/mol. The van der Waals surface area contributed by atoms with Crippen molar-refractivity contribution in [2.45, 2.75) is 31.7 Å². The molecule has 2 aliphatic heterocycles. The van der Waals surface area contributed by atoms with Gasteiger partial charge in [-0.2, -0.15) is 0 Å². The summed E-state index contributed by atoms with van der Waals surface area (Å²) in [5, 5.41) is 3.50. The summed E-state index contributed by atoms with van der Waals surface area (Å²) in [5.41, 5.74) is 2.88. The second-order valence-corrected chi connectivity index (χ2v) is 4.60. The molecule has 3 rings (SSSR count). The van der Waals surface area contributed by atoms with Gasteiger partial charge >= 0.3 is 0 Å². The smallest absolute Gasteiger partial charge is 0.122 e. The maximum atomic E-state index is 5.53. The second-order valence-electron chi connectivity index (χ2n) is 4.60. The lowest BCUT2D eigenvalue weighted by atomic mass is 9.91. The maximum Gasteiger partial charge on any atom is 0.122 e. The summed E-state index contributed by atoms with van der Waals surface area (Å²) < 4.78 is 5.53. The van der Waals surface area contributed by atoms with E-state index in [2.05, 4.69) is 30.4 Å². The van der Waals surface area contributed by atoms with Crippen LogP contribution >= 0.6 is 0 Å². The summed E-state index contributed by atoms with van der Waals surface area (Å²) in [5.74, 6) is 1.79. The standard InChI is InChI=1S/C13H17NO/c1-9-12(4-6-14-9)10-2-3-13-11(8-10)5-7-15-13/h2-3,8-9,12,14H,4-7H2,1H3. The summed E-state index contributed by atoms with van der Waals surface area (Å²) in [4.78, 5) is 0. The Kier molecular flexibility index (Phi) is 2.17. The van der Waals surface area contributed by atoms with Crippen molar-refractivity contribution < 1.29 is 4.74 Å². The van der Waals surface area contributed by atoms with Gasteiger partial charge in [-0.3, -0.25) is 0 Å². The SMILES string of the molecule is CC1NCCC1c1ccc2c(c1)CCO2. The number of fused-ring (bicyclic) bond motifs is 1. The van der Waals surface area contributed by atoms with Gasteiger partial charge in [0.05, 0.1) is 6.61 Å². The third-order valence-electron chi connectivity index (χ3n) is 3.67. The lowest BCUT2D eigenvalue weighted by molar-refractivity contribution is 0.356. The molecule has 15 heavy (non-hydrogen) atoms. The zero-order valence-electron chi connectivity index (χ0n) is 9.12. The van der Waals surface area contributed by atoms with Crippen LogP contribution in [0.15, 0.2) is 18.2 Å². The number of rotatable bonds is 1. The first-order chi connectivity index (χ1) is 7.34. The predicted octanol–water partition coefficient (Wildman–Crippen LogP) is 2.09. The highest BCUT2D eigenvalue weighted by molar-refractivity contribution is 5.41. The van der Waals surface area contributed by atoms with Crippen molar-refractivity contribution in [3.8, 4) is 5.75 Å². The molecule has 0 amide bonds. The van der Waals surface area contributed by atoms with Gasteiger partial charge < -0.3 is 10.1 Å². The van der Waals surface area contributed by atoms with Crippen LogP contribution in [0.3, 0.4) is 0 Å². The molecule has 1 fully saturated rings. The Labute approximate surface area is 90.6 Å². The first kappa shape index (κ1) is 9.22. The van der Waals surface area contributed by atoms with Gasteiger partial charge in [-0.1, -0.05) is 12.1 Å². The van der Waals surface area contributed by atoms with Crippen LogP contribution in [0.2, 0.25) is 0 Å². The van der Waals surface area contributed by atoms with Gasteiger partial charge in [-0.05, 0) is 37.1 Å². The third-order valence-corrected chi connectivity index (χ3v) is 3.67. The van der Waals surface area contributed by atoms with E-state index in [1.54, 1.807) is 0 Å². The number of benzene rings is 1. The van der Waals surface area contributed by atoms with E-state index >= 15 is 0 Å². The minimum absolute atomic E-state index is 0.616. The van der Waals surface area contributed by atoms with Gasteiger partial charge in [0.1, 0.15) is 5.75 Å². The van der Waals surface area contributed by atoms with E-state index in [1.807, 2.05) is 0 Å². The first-order valence-electron chi connectivity index (χ1n) is 5.83. The summed E-state index contributed by atoms with van der Waals surface area (Å²) in [6.45, 7) is 4.29. The van der Waals surface area contributed by atoms with Crippen LogP contribution in [0.5, 0.6) is 5.75 Å². The van der Waals surface area contributed by atoms with E-state index in [0.29, 0.717) is 12.0 Å². The van der Waals surface area contributed by atoms with Gasteiger partial charge in [-0.25, -0.2) is 0 Å². The van der Waals surface area contributed by atoms with Gasteiger partial charge in [0, 0.05) is 18.4 Å². The summed E-state index contributed by atoms with van der Waals surface area (Å²) in [6, 6.07) is 7.34. The Bertz CT molecular complexity index is 375. The lowest BCUT2D eigenvalue weighted by Crippen LogP contribution is -2.21. The van der Waals surface area contributed by atoms with E-state index in [9.17, 15) is 0 Å². The van der Waals surface area contributed by atoms with Crippen LogP contribution < -0.4 is 10.1 Å². The molecular formula is C13H17NO. The zero-order valence-corrected chi connectivity index (χ0v) is 9.12. The van der Waals surface area contributed by atoms with Crippen LogP contribution in [-0.2, 0) is 6.42 Å². The normalized spacial score (nSPS) is 28.9. The van der Waals surface area contributed by atoms with E-state index in [-0.39, 0.29) is 0 Å². The molecule has 2 atom stereocenters. The highest BCUT2D eigenvalue weighted by Crippen LogP contribution is 2.33. The monoisotopic (exact) mass is 203 g/mol. The molecular weight excluding hydrogens is 186 g/mol. The van der Waals surface area contributed by atoms with E-state index in [1.165, 1.54) is 17.5 Å². The fourth-order valence-corrected chi connectivity index (χ4v) is 2.75. The third kappa shape index (κ3) is 1.53. The lowest BCUT2D eigenvalue weighted by Gasteiger charge is -2.16. The molecule has 2 heteroatoms. The minimum atomic E-state index is 0.616. The zero-order chi connectivity index (χ0) is 10.3. The molecule has 1 aromatic rings. The van der Waals surface area contributed by atoms with Gasteiger partial charge in [-0.15, -0.1) is 0 Å². The maximum absolute atomic E-state index is 5.53. The highest BCUT2D eigenvalue weighted by atomic mass is 16.5. The summed E-state index contributed by atoms with van der Waals surface area (Å²) in [7, 11) is 0. The Balaban J connectivity index is 1.92. The van der Waals surface area contributed by atoms with Crippen LogP contribution in [0.25, 0.3) is 0 Å². The van der Waals surface area contributed by atoms with Gasteiger partial charge in [0.25, 0.3) is 0 Å². The molecule has 0 radical (unpaired) electrons. The van der Waals surface area contributed by atoms with E-state index in [4.69, 9.17) is 4.74 Å². The summed E-state index contributed by atoms with van der Waals surface area (Å²) >= 11 is 0. The van der Waals surface area contributed by atoms with Gasteiger partial charge in [0.15, 0.2) is 0 Å². The van der Waals surface area contributed by atoms with Crippen LogP contribution in [-0.4, -0.2) is 19.2 Å². The molecule has 0 bridgehead atoms. The van der Waals surface area contributed by atoms with Crippen molar-refractivity contribution in [1.29, 1.82) is 0 Å². The van der Waals surface area contributed by atoms with Crippen molar-refractivity contribution in [3.63, 3.8) is 0 Å². The van der Waals surface area contributed by atoms with Crippen molar-refractivity contribution in [2.75, 3.05) is 13.2 Å². The van der Waals surface area contributed by atoms with Crippen LogP contribution in [0.4, 0.5) is 0 Å². The molecule has 0 saturated carbocycles. The summed E-state index contributed by atoms with van der Waals surface area (Å²) in [6.07, 6.45) is 2.35. The van der Waals surface area contributed by atoms with Crippen molar-refractivity contribution in [3.05, 3.63) is 29.3 Å².